The monoisotopic (exact) mass is 368 g/mol. The molecule has 0 aliphatic carbocycles. The normalized spacial score (nSPS) is 18.0. The van der Waals surface area contributed by atoms with E-state index in [0.717, 1.165) is 42.6 Å². The zero-order valence-corrected chi connectivity index (χ0v) is 17.4. The van der Waals surface area contributed by atoms with Crippen molar-refractivity contribution in [2.24, 2.45) is 0 Å². The fourth-order valence-electron chi connectivity index (χ4n) is 3.41. The molecule has 1 aromatic carbocycles. The molecule has 0 radical (unpaired) electrons. The Labute approximate surface area is 163 Å². The van der Waals surface area contributed by atoms with E-state index in [4.69, 9.17) is 9.72 Å². The third-order valence-corrected chi connectivity index (χ3v) is 4.74. The molecule has 2 aromatic rings. The van der Waals surface area contributed by atoms with Gasteiger partial charge in [0.15, 0.2) is 0 Å². The molecule has 5 nitrogen and oxygen atoms in total. The predicted octanol–water partition coefficient (Wildman–Crippen LogP) is 4.03. The first-order valence-corrected chi connectivity index (χ1v) is 9.87. The first-order chi connectivity index (χ1) is 12.7. The number of ether oxygens (including phenoxy) is 1. The minimum Gasteiger partial charge on any atom is -0.491 e. The zero-order chi connectivity index (χ0) is 19.6. The maximum absolute atomic E-state index is 6.05. The Hall–Kier alpha value is -2.14. The lowest BCUT2D eigenvalue weighted by molar-refractivity contribution is 0.236. The standard InChI is InChI=1S/C22H32N4O/c1-15(2)27-20-8-7-17(13-18(20)22(4,5)6)19-9-10-24-21(25-19)26-12-11-23-16(3)14-26/h7-10,13,15-16,23H,11-12,14H2,1-6H3/t16-/m1/s1. The van der Waals surface area contributed by atoms with Crippen LogP contribution in [0.5, 0.6) is 5.75 Å². The van der Waals surface area contributed by atoms with E-state index in [0.29, 0.717) is 6.04 Å². The molecule has 0 amide bonds. The average Bonchev–Trinajstić information content (AvgIpc) is 2.61. The maximum atomic E-state index is 6.05. The summed E-state index contributed by atoms with van der Waals surface area (Å²) in [5.74, 6) is 1.76. The third kappa shape index (κ3) is 4.78. The number of aromatic nitrogens is 2. The van der Waals surface area contributed by atoms with Crippen molar-refractivity contribution in [3.63, 3.8) is 0 Å². The van der Waals surface area contributed by atoms with Crippen molar-refractivity contribution in [3.05, 3.63) is 36.0 Å². The molecule has 1 saturated heterocycles. The second kappa shape index (κ2) is 7.85. The summed E-state index contributed by atoms with van der Waals surface area (Å²) >= 11 is 0. The van der Waals surface area contributed by atoms with Gasteiger partial charge in [-0.3, -0.25) is 0 Å². The van der Waals surface area contributed by atoms with Gasteiger partial charge < -0.3 is 15.0 Å². The summed E-state index contributed by atoms with van der Waals surface area (Å²) in [5.41, 5.74) is 3.24. The highest BCUT2D eigenvalue weighted by atomic mass is 16.5. The molecule has 27 heavy (non-hydrogen) atoms. The largest absolute Gasteiger partial charge is 0.491 e. The molecule has 1 aliphatic heterocycles. The summed E-state index contributed by atoms with van der Waals surface area (Å²) in [6, 6.07) is 8.82. The van der Waals surface area contributed by atoms with E-state index in [1.807, 2.05) is 12.3 Å². The molecule has 1 atom stereocenters. The topological polar surface area (TPSA) is 50.3 Å². The Bertz CT molecular complexity index is 782. The minimum absolute atomic E-state index is 0.00986. The summed E-state index contributed by atoms with van der Waals surface area (Å²) in [6.07, 6.45) is 2.01. The minimum atomic E-state index is -0.00986. The van der Waals surface area contributed by atoms with Crippen LogP contribution in [-0.4, -0.2) is 41.7 Å². The van der Waals surface area contributed by atoms with Crippen LogP contribution in [0.4, 0.5) is 5.95 Å². The van der Waals surface area contributed by atoms with Crippen LogP contribution in [0, 0.1) is 0 Å². The summed E-state index contributed by atoms with van der Waals surface area (Å²) in [7, 11) is 0. The number of nitrogens with zero attached hydrogens (tertiary/aromatic N) is 3. The number of nitrogens with one attached hydrogen (secondary N) is 1. The molecule has 0 saturated carbocycles. The molecule has 1 aliphatic rings. The van der Waals surface area contributed by atoms with Crippen molar-refractivity contribution in [2.45, 2.75) is 59.1 Å². The predicted molar refractivity (Wildman–Crippen MR) is 112 cm³/mol. The van der Waals surface area contributed by atoms with Gasteiger partial charge in [0, 0.05) is 43.0 Å². The van der Waals surface area contributed by atoms with Gasteiger partial charge in [-0.2, -0.15) is 0 Å². The van der Waals surface area contributed by atoms with Crippen LogP contribution in [0.15, 0.2) is 30.5 Å². The van der Waals surface area contributed by atoms with Gasteiger partial charge in [-0.15, -0.1) is 0 Å². The average molecular weight is 369 g/mol. The Morgan fingerprint density at radius 2 is 2.00 bits per heavy atom. The fraction of sp³-hybridized carbons (Fsp3) is 0.545. The number of anilines is 1. The Balaban J connectivity index is 1.95. The van der Waals surface area contributed by atoms with E-state index in [1.54, 1.807) is 0 Å². The van der Waals surface area contributed by atoms with E-state index in [2.05, 4.69) is 74.9 Å². The van der Waals surface area contributed by atoms with E-state index in [9.17, 15) is 0 Å². The number of hydrogen-bond donors (Lipinski definition) is 1. The van der Waals surface area contributed by atoms with Crippen molar-refractivity contribution in [2.75, 3.05) is 24.5 Å². The van der Waals surface area contributed by atoms with Crippen molar-refractivity contribution >= 4 is 5.95 Å². The molecule has 1 fully saturated rings. The molecule has 0 unspecified atom stereocenters. The van der Waals surface area contributed by atoms with Gasteiger partial charge in [-0.05, 0) is 50.5 Å². The van der Waals surface area contributed by atoms with Crippen LogP contribution < -0.4 is 15.0 Å². The number of hydrogen-bond acceptors (Lipinski definition) is 5. The van der Waals surface area contributed by atoms with Gasteiger partial charge in [-0.25, -0.2) is 9.97 Å². The zero-order valence-electron chi connectivity index (χ0n) is 17.4. The Kier molecular flexibility index (Phi) is 5.70. The summed E-state index contributed by atoms with van der Waals surface area (Å²) in [4.78, 5) is 11.6. The smallest absolute Gasteiger partial charge is 0.225 e. The van der Waals surface area contributed by atoms with Gasteiger partial charge in [0.05, 0.1) is 11.8 Å². The van der Waals surface area contributed by atoms with Gasteiger partial charge in [0.2, 0.25) is 5.95 Å². The highest BCUT2D eigenvalue weighted by molar-refractivity contribution is 5.64. The van der Waals surface area contributed by atoms with E-state index < -0.39 is 0 Å². The van der Waals surface area contributed by atoms with E-state index >= 15 is 0 Å². The van der Waals surface area contributed by atoms with E-state index in [1.165, 1.54) is 5.56 Å². The summed E-state index contributed by atoms with van der Waals surface area (Å²) in [5, 5.41) is 3.46. The summed E-state index contributed by atoms with van der Waals surface area (Å²) < 4.78 is 6.05. The van der Waals surface area contributed by atoms with Crippen molar-refractivity contribution in [3.8, 4) is 17.0 Å². The molecule has 1 aromatic heterocycles. The van der Waals surface area contributed by atoms with E-state index in [-0.39, 0.29) is 11.5 Å². The quantitative estimate of drug-likeness (QED) is 0.883. The van der Waals surface area contributed by atoms with Crippen LogP contribution in [0.25, 0.3) is 11.3 Å². The number of benzene rings is 1. The van der Waals surface area contributed by atoms with Crippen molar-refractivity contribution in [1.29, 1.82) is 0 Å². The Morgan fingerprint density at radius 1 is 1.22 bits per heavy atom. The molecular weight excluding hydrogens is 336 g/mol. The van der Waals surface area contributed by atoms with Crippen molar-refractivity contribution in [1.82, 2.24) is 15.3 Å². The fourth-order valence-corrected chi connectivity index (χ4v) is 3.41. The van der Waals surface area contributed by atoms with Gasteiger partial charge in [0.25, 0.3) is 0 Å². The number of piperazine rings is 1. The van der Waals surface area contributed by atoms with Crippen LogP contribution >= 0.6 is 0 Å². The van der Waals surface area contributed by atoms with Gasteiger partial charge in [-0.1, -0.05) is 20.8 Å². The van der Waals surface area contributed by atoms with Gasteiger partial charge in [0.1, 0.15) is 5.75 Å². The van der Waals surface area contributed by atoms with Crippen LogP contribution in [0.3, 0.4) is 0 Å². The molecule has 1 N–H and O–H groups in total. The lowest BCUT2D eigenvalue weighted by Gasteiger charge is -2.32. The maximum Gasteiger partial charge on any atom is 0.225 e. The molecule has 2 heterocycles. The highest BCUT2D eigenvalue weighted by Gasteiger charge is 2.22. The molecule has 3 rings (SSSR count). The van der Waals surface area contributed by atoms with Crippen molar-refractivity contribution < 1.29 is 4.74 Å². The van der Waals surface area contributed by atoms with Gasteiger partial charge >= 0.3 is 0 Å². The SMILES string of the molecule is CC(C)Oc1ccc(-c2ccnc(N3CCN[C@H](C)C3)n2)cc1C(C)(C)C. The molecule has 146 valence electrons. The third-order valence-electron chi connectivity index (χ3n) is 4.74. The lowest BCUT2D eigenvalue weighted by Crippen LogP contribution is -2.49. The second-order valence-corrected chi connectivity index (χ2v) is 8.67. The number of rotatable bonds is 4. The van der Waals surface area contributed by atoms with Crippen LogP contribution in [0.1, 0.15) is 47.1 Å². The first kappa shape index (κ1) is 19.6. The lowest BCUT2D eigenvalue weighted by atomic mass is 9.85. The summed E-state index contributed by atoms with van der Waals surface area (Å²) in [6.45, 7) is 15.8. The molecule has 0 bridgehead atoms. The second-order valence-electron chi connectivity index (χ2n) is 8.67. The van der Waals surface area contributed by atoms with Crippen LogP contribution in [0.2, 0.25) is 0 Å². The highest BCUT2D eigenvalue weighted by Crippen LogP contribution is 2.35. The molecule has 5 heteroatoms. The Morgan fingerprint density at radius 3 is 2.67 bits per heavy atom. The molecular formula is C22H32N4O. The van der Waals surface area contributed by atoms with Crippen LogP contribution in [-0.2, 0) is 5.41 Å². The molecule has 0 spiro atoms. The first-order valence-electron chi connectivity index (χ1n) is 9.87.